The van der Waals surface area contributed by atoms with Gasteiger partial charge in [0, 0.05) is 5.02 Å². The summed E-state index contributed by atoms with van der Waals surface area (Å²) in [5, 5.41) is 5.41. The molecule has 0 fully saturated rings. The summed E-state index contributed by atoms with van der Waals surface area (Å²) in [6.07, 6.45) is 0. The van der Waals surface area contributed by atoms with Gasteiger partial charge in [0.05, 0.1) is 24.5 Å². The Labute approximate surface area is 164 Å². The van der Waals surface area contributed by atoms with Gasteiger partial charge < -0.3 is 4.74 Å². The Bertz CT molecular complexity index is 932. The minimum atomic E-state index is -0.830. The number of nitrogens with zero attached hydrogens (tertiary/aromatic N) is 2. The fourth-order valence-electron chi connectivity index (χ4n) is 2.67. The Hall–Kier alpha value is -2.43. The number of halogens is 1. The van der Waals surface area contributed by atoms with Gasteiger partial charge in [-0.15, -0.1) is 0 Å². The molecule has 27 heavy (non-hydrogen) atoms. The summed E-state index contributed by atoms with van der Waals surface area (Å²) in [4.78, 5) is 11.7. The lowest BCUT2D eigenvalue weighted by molar-refractivity contribution is -0.139. The lowest BCUT2D eigenvalue weighted by Crippen LogP contribution is -2.32. The third kappa shape index (κ3) is 4.85. The molecule has 2 aromatic carbocycles. The second kappa shape index (κ2) is 8.07. The third-order valence-corrected chi connectivity index (χ3v) is 4.79. The Kier molecular flexibility index (Phi) is 5.78. The van der Waals surface area contributed by atoms with Gasteiger partial charge in [-0.25, -0.2) is 0 Å². The lowest BCUT2D eigenvalue weighted by Gasteiger charge is -2.21. The number of Topliss-reactive ketones (excluding diaryl/α,β-unsaturated/α-hetero) is 1. The Balaban J connectivity index is 1.90. The van der Waals surface area contributed by atoms with Crippen LogP contribution in [0.4, 0.5) is 0 Å². The number of aromatic nitrogens is 2. The van der Waals surface area contributed by atoms with E-state index in [2.05, 4.69) is 12.1 Å². The first-order valence-corrected chi connectivity index (χ1v) is 9.24. The topological polar surface area (TPSA) is 44.1 Å². The van der Waals surface area contributed by atoms with Crippen molar-refractivity contribution in [1.29, 1.82) is 0 Å². The summed E-state index contributed by atoms with van der Waals surface area (Å²) in [6.45, 7) is 5.95. The first kappa shape index (κ1) is 19.3. The standard InChI is InChI=1S/C22H23ClN2O2/c1-16(26)22(2,3)27-15-20-13-21(18-9-5-4-6-10-18)25(24-20)14-17-8-7-11-19(23)12-17/h4-13H,14-15H2,1-3H3. The van der Waals surface area contributed by atoms with Gasteiger partial charge in [0.15, 0.2) is 5.78 Å². The minimum absolute atomic E-state index is 0.0101. The zero-order chi connectivity index (χ0) is 19.4. The fraction of sp³-hybridized carbons (Fsp3) is 0.273. The normalized spacial score (nSPS) is 11.6. The quantitative estimate of drug-likeness (QED) is 0.568. The Morgan fingerprint density at radius 3 is 2.52 bits per heavy atom. The van der Waals surface area contributed by atoms with E-state index in [4.69, 9.17) is 21.4 Å². The summed E-state index contributed by atoms with van der Waals surface area (Å²) in [5.74, 6) is -0.0101. The number of benzene rings is 2. The van der Waals surface area contributed by atoms with Crippen molar-refractivity contribution in [1.82, 2.24) is 9.78 Å². The molecule has 0 bridgehead atoms. The SMILES string of the molecule is CC(=O)C(C)(C)OCc1cc(-c2ccccc2)n(Cc2cccc(Cl)c2)n1. The minimum Gasteiger partial charge on any atom is -0.361 e. The van der Waals surface area contributed by atoms with Crippen molar-refractivity contribution in [2.45, 2.75) is 39.5 Å². The number of rotatable bonds is 7. The second-order valence-corrected chi connectivity index (χ2v) is 7.47. The van der Waals surface area contributed by atoms with E-state index in [1.165, 1.54) is 6.92 Å². The molecule has 140 valence electrons. The Morgan fingerprint density at radius 1 is 1.11 bits per heavy atom. The van der Waals surface area contributed by atoms with Crippen LogP contribution >= 0.6 is 11.6 Å². The molecule has 0 amide bonds. The van der Waals surface area contributed by atoms with Crippen LogP contribution in [0.5, 0.6) is 0 Å². The molecule has 0 unspecified atom stereocenters. The van der Waals surface area contributed by atoms with Gasteiger partial charge in [0.2, 0.25) is 0 Å². The van der Waals surface area contributed by atoms with Crippen molar-refractivity contribution in [3.63, 3.8) is 0 Å². The number of hydrogen-bond acceptors (Lipinski definition) is 3. The first-order valence-electron chi connectivity index (χ1n) is 8.87. The van der Waals surface area contributed by atoms with Crippen LogP contribution in [0.3, 0.4) is 0 Å². The molecule has 0 aliphatic carbocycles. The van der Waals surface area contributed by atoms with Crippen LogP contribution in [0.1, 0.15) is 32.0 Å². The van der Waals surface area contributed by atoms with E-state index >= 15 is 0 Å². The van der Waals surface area contributed by atoms with E-state index in [1.807, 2.05) is 53.2 Å². The number of hydrogen-bond donors (Lipinski definition) is 0. The molecule has 1 aromatic heterocycles. The van der Waals surface area contributed by atoms with Gasteiger partial charge >= 0.3 is 0 Å². The smallest absolute Gasteiger partial charge is 0.161 e. The molecule has 0 aliphatic rings. The van der Waals surface area contributed by atoms with Crippen LogP contribution in [-0.4, -0.2) is 21.2 Å². The highest BCUT2D eigenvalue weighted by atomic mass is 35.5. The molecule has 3 aromatic rings. The molecule has 0 saturated carbocycles. The molecule has 0 N–H and O–H groups in total. The van der Waals surface area contributed by atoms with Crippen LogP contribution in [0.25, 0.3) is 11.3 Å². The van der Waals surface area contributed by atoms with Crippen LogP contribution in [0.2, 0.25) is 5.02 Å². The van der Waals surface area contributed by atoms with Gasteiger partial charge in [0.25, 0.3) is 0 Å². The molecule has 5 heteroatoms. The molecule has 0 atom stereocenters. The van der Waals surface area contributed by atoms with Gasteiger partial charge in [0.1, 0.15) is 5.60 Å². The monoisotopic (exact) mass is 382 g/mol. The van der Waals surface area contributed by atoms with Crippen LogP contribution in [0.15, 0.2) is 60.7 Å². The van der Waals surface area contributed by atoms with Gasteiger partial charge in [-0.05, 0) is 50.1 Å². The molecular formula is C22H23ClN2O2. The summed E-state index contributed by atoms with van der Waals surface area (Å²) in [6, 6.07) is 19.9. The molecule has 0 spiro atoms. The molecule has 4 nitrogen and oxygen atoms in total. The summed E-state index contributed by atoms with van der Waals surface area (Å²) < 4.78 is 7.75. The van der Waals surface area contributed by atoms with E-state index in [0.717, 1.165) is 22.5 Å². The highest BCUT2D eigenvalue weighted by molar-refractivity contribution is 6.30. The fourth-order valence-corrected chi connectivity index (χ4v) is 2.88. The van der Waals surface area contributed by atoms with E-state index in [-0.39, 0.29) is 12.4 Å². The highest BCUT2D eigenvalue weighted by Gasteiger charge is 2.25. The van der Waals surface area contributed by atoms with E-state index in [9.17, 15) is 4.79 Å². The maximum Gasteiger partial charge on any atom is 0.161 e. The summed E-state index contributed by atoms with van der Waals surface area (Å²) >= 11 is 6.12. The average Bonchev–Trinajstić information content (AvgIpc) is 3.03. The Morgan fingerprint density at radius 2 is 1.85 bits per heavy atom. The number of ketones is 1. The van der Waals surface area contributed by atoms with Crippen molar-refractivity contribution in [3.05, 3.63) is 76.9 Å². The van der Waals surface area contributed by atoms with E-state index in [1.54, 1.807) is 13.8 Å². The molecule has 1 heterocycles. The summed E-state index contributed by atoms with van der Waals surface area (Å²) in [5.41, 5.74) is 3.09. The van der Waals surface area contributed by atoms with Crippen LogP contribution in [0, 0.1) is 0 Å². The van der Waals surface area contributed by atoms with Gasteiger partial charge in [-0.2, -0.15) is 5.10 Å². The molecule has 0 saturated heterocycles. The molecule has 3 rings (SSSR count). The zero-order valence-electron chi connectivity index (χ0n) is 15.8. The van der Waals surface area contributed by atoms with Crippen LogP contribution in [-0.2, 0) is 22.7 Å². The number of carbonyl (C=O) groups excluding carboxylic acids is 1. The van der Waals surface area contributed by atoms with E-state index in [0.29, 0.717) is 11.6 Å². The maximum atomic E-state index is 11.7. The van der Waals surface area contributed by atoms with Gasteiger partial charge in [-0.1, -0.05) is 54.1 Å². The van der Waals surface area contributed by atoms with Crippen molar-refractivity contribution in [2.24, 2.45) is 0 Å². The maximum absolute atomic E-state index is 11.7. The van der Waals surface area contributed by atoms with Crippen molar-refractivity contribution in [3.8, 4) is 11.3 Å². The predicted molar refractivity (Wildman–Crippen MR) is 108 cm³/mol. The average molecular weight is 383 g/mol. The highest BCUT2D eigenvalue weighted by Crippen LogP contribution is 2.23. The van der Waals surface area contributed by atoms with Gasteiger partial charge in [-0.3, -0.25) is 9.48 Å². The van der Waals surface area contributed by atoms with Crippen molar-refractivity contribution < 1.29 is 9.53 Å². The lowest BCUT2D eigenvalue weighted by atomic mass is 10.1. The van der Waals surface area contributed by atoms with Crippen LogP contribution < -0.4 is 0 Å². The van der Waals surface area contributed by atoms with Crippen molar-refractivity contribution >= 4 is 17.4 Å². The summed E-state index contributed by atoms with van der Waals surface area (Å²) in [7, 11) is 0. The largest absolute Gasteiger partial charge is 0.361 e. The molecular weight excluding hydrogens is 360 g/mol. The second-order valence-electron chi connectivity index (χ2n) is 7.03. The molecule has 0 radical (unpaired) electrons. The third-order valence-electron chi connectivity index (χ3n) is 4.55. The zero-order valence-corrected chi connectivity index (χ0v) is 16.5. The predicted octanol–water partition coefficient (Wildman–Crippen LogP) is 5.14. The molecule has 0 aliphatic heterocycles. The van der Waals surface area contributed by atoms with E-state index < -0.39 is 5.60 Å². The van der Waals surface area contributed by atoms with Crippen molar-refractivity contribution in [2.75, 3.05) is 0 Å². The number of carbonyl (C=O) groups is 1. The first-order chi connectivity index (χ1) is 12.8. The number of ether oxygens (including phenoxy) is 1.